The smallest absolute Gasteiger partial charge is 0.327 e. The number of imide groups is 1. The molecular weight excluding hydrogens is 480 g/mol. The predicted octanol–water partition coefficient (Wildman–Crippen LogP) is 6.12. The number of anilines is 2. The number of methoxy groups -OCH3 is 2. The van der Waals surface area contributed by atoms with E-state index in [0.717, 1.165) is 10.3 Å². The standard InChI is InChI=1S/C26H24N4O5S/c1-33-22-14-18-20(15-23(22)34-2)27-13-12-21(18)35-17-10-8-16(9-11-17)28-25(31)30-26(32)29-19-6-4-5-7-24(19)36-3/h4-15H,1-3H3,(H3,28,29,30,31,32). The van der Waals surface area contributed by atoms with Gasteiger partial charge in [0.25, 0.3) is 0 Å². The molecule has 184 valence electrons. The number of benzene rings is 3. The maximum atomic E-state index is 12.3. The first kappa shape index (κ1) is 24.7. The van der Waals surface area contributed by atoms with Crippen molar-refractivity contribution in [2.24, 2.45) is 0 Å². The lowest BCUT2D eigenvalue weighted by Gasteiger charge is -2.13. The first-order valence-electron chi connectivity index (χ1n) is 10.8. The molecule has 0 unspecified atom stereocenters. The number of urea groups is 2. The van der Waals surface area contributed by atoms with Crippen LogP contribution in [-0.2, 0) is 0 Å². The van der Waals surface area contributed by atoms with E-state index in [1.165, 1.54) is 11.8 Å². The molecule has 0 aliphatic carbocycles. The molecule has 0 aliphatic rings. The molecule has 0 aliphatic heterocycles. The first-order chi connectivity index (χ1) is 17.5. The van der Waals surface area contributed by atoms with E-state index in [-0.39, 0.29) is 0 Å². The second kappa shape index (κ2) is 11.3. The van der Waals surface area contributed by atoms with E-state index in [2.05, 4.69) is 20.9 Å². The summed E-state index contributed by atoms with van der Waals surface area (Å²) in [5.41, 5.74) is 1.80. The number of carbonyl (C=O) groups excluding carboxylic acids is 2. The Kier molecular flexibility index (Phi) is 7.76. The van der Waals surface area contributed by atoms with Crippen molar-refractivity contribution in [3.8, 4) is 23.0 Å². The van der Waals surface area contributed by atoms with Crippen LogP contribution < -0.4 is 30.2 Å². The highest BCUT2D eigenvalue weighted by Gasteiger charge is 2.13. The van der Waals surface area contributed by atoms with E-state index in [4.69, 9.17) is 14.2 Å². The third kappa shape index (κ3) is 5.78. The van der Waals surface area contributed by atoms with Crippen molar-refractivity contribution in [2.75, 3.05) is 31.1 Å². The number of para-hydroxylation sites is 1. The minimum absolute atomic E-state index is 0.489. The van der Waals surface area contributed by atoms with Crippen LogP contribution in [0.2, 0.25) is 0 Å². The molecule has 0 saturated heterocycles. The van der Waals surface area contributed by atoms with Crippen molar-refractivity contribution in [2.45, 2.75) is 4.90 Å². The van der Waals surface area contributed by atoms with Gasteiger partial charge in [0, 0.05) is 28.2 Å². The Morgan fingerprint density at radius 2 is 1.53 bits per heavy atom. The predicted molar refractivity (Wildman–Crippen MR) is 141 cm³/mol. The van der Waals surface area contributed by atoms with Gasteiger partial charge in [-0.3, -0.25) is 10.3 Å². The van der Waals surface area contributed by atoms with Crippen LogP contribution in [0.25, 0.3) is 10.9 Å². The molecule has 10 heteroatoms. The fraction of sp³-hybridized carbons (Fsp3) is 0.115. The monoisotopic (exact) mass is 504 g/mol. The van der Waals surface area contributed by atoms with Crippen LogP contribution in [0.5, 0.6) is 23.0 Å². The normalized spacial score (nSPS) is 10.4. The SMILES string of the molecule is COc1cc2nccc(Oc3ccc(NC(=O)NC(=O)Nc4ccccc4SC)cc3)c2cc1OC. The van der Waals surface area contributed by atoms with E-state index >= 15 is 0 Å². The molecule has 36 heavy (non-hydrogen) atoms. The maximum Gasteiger partial charge on any atom is 0.327 e. The molecule has 4 aromatic rings. The van der Waals surface area contributed by atoms with Gasteiger partial charge in [-0.2, -0.15) is 0 Å². The van der Waals surface area contributed by atoms with E-state index in [9.17, 15) is 9.59 Å². The Labute approximate surface area is 212 Å². The molecule has 4 amide bonds. The third-order valence-corrected chi connectivity index (χ3v) is 5.92. The van der Waals surface area contributed by atoms with Gasteiger partial charge in [-0.25, -0.2) is 9.59 Å². The zero-order valence-corrected chi connectivity index (χ0v) is 20.6. The van der Waals surface area contributed by atoms with Crippen molar-refractivity contribution in [1.29, 1.82) is 0 Å². The highest BCUT2D eigenvalue weighted by molar-refractivity contribution is 7.98. The number of nitrogens with one attached hydrogen (secondary N) is 3. The van der Waals surface area contributed by atoms with E-state index in [0.29, 0.717) is 39.9 Å². The molecule has 0 radical (unpaired) electrons. The topological polar surface area (TPSA) is 111 Å². The number of amides is 4. The van der Waals surface area contributed by atoms with Crippen molar-refractivity contribution < 1.29 is 23.8 Å². The number of pyridine rings is 1. The van der Waals surface area contributed by atoms with Crippen molar-refractivity contribution in [3.63, 3.8) is 0 Å². The van der Waals surface area contributed by atoms with Gasteiger partial charge in [0.1, 0.15) is 11.5 Å². The number of rotatable bonds is 7. The van der Waals surface area contributed by atoms with Crippen LogP contribution in [0.4, 0.5) is 21.0 Å². The quantitative estimate of drug-likeness (QED) is 0.260. The number of thioether (sulfide) groups is 1. The van der Waals surface area contributed by atoms with Crippen LogP contribution >= 0.6 is 11.8 Å². The van der Waals surface area contributed by atoms with Gasteiger partial charge in [-0.05, 0) is 54.8 Å². The summed E-state index contributed by atoms with van der Waals surface area (Å²) in [6.45, 7) is 0. The highest BCUT2D eigenvalue weighted by atomic mass is 32.2. The third-order valence-electron chi connectivity index (χ3n) is 5.13. The summed E-state index contributed by atoms with van der Waals surface area (Å²) < 4.78 is 16.8. The zero-order chi connectivity index (χ0) is 25.5. The maximum absolute atomic E-state index is 12.3. The van der Waals surface area contributed by atoms with Crippen LogP contribution in [0, 0.1) is 0 Å². The zero-order valence-electron chi connectivity index (χ0n) is 19.8. The molecule has 1 aromatic heterocycles. The number of carbonyl (C=O) groups is 2. The van der Waals surface area contributed by atoms with Gasteiger partial charge in [0.05, 0.1) is 25.4 Å². The lowest BCUT2D eigenvalue weighted by atomic mass is 10.2. The number of ether oxygens (including phenoxy) is 3. The first-order valence-corrected chi connectivity index (χ1v) is 12.0. The summed E-state index contributed by atoms with van der Waals surface area (Å²) in [6, 6.07) is 18.1. The summed E-state index contributed by atoms with van der Waals surface area (Å²) in [7, 11) is 3.13. The van der Waals surface area contributed by atoms with Crippen molar-refractivity contribution >= 4 is 46.1 Å². The summed E-state index contributed by atoms with van der Waals surface area (Å²) in [5.74, 6) is 2.27. The highest BCUT2D eigenvalue weighted by Crippen LogP contribution is 2.37. The summed E-state index contributed by atoms with van der Waals surface area (Å²) in [6.07, 6.45) is 3.55. The number of fused-ring (bicyclic) bond motifs is 1. The average molecular weight is 505 g/mol. The van der Waals surface area contributed by atoms with Crippen LogP contribution in [0.1, 0.15) is 0 Å². The van der Waals surface area contributed by atoms with Gasteiger partial charge in [-0.15, -0.1) is 11.8 Å². The van der Waals surface area contributed by atoms with Crippen molar-refractivity contribution in [3.05, 3.63) is 72.9 Å². The summed E-state index contributed by atoms with van der Waals surface area (Å²) in [5, 5.41) is 8.30. The Hall–Kier alpha value is -4.44. The van der Waals surface area contributed by atoms with Gasteiger partial charge in [-0.1, -0.05) is 12.1 Å². The van der Waals surface area contributed by atoms with E-state index < -0.39 is 12.1 Å². The Bertz CT molecular complexity index is 1400. The number of hydrogen-bond acceptors (Lipinski definition) is 7. The van der Waals surface area contributed by atoms with Crippen LogP contribution in [0.15, 0.2) is 77.8 Å². The lowest BCUT2D eigenvalue weighted by molar-refractivity contribution is 0.240. The van der Waals surface area contributed by atoms with Gasteiger partial charge < -0.3 is 24.8 Å². The molecule has 0 saturated carbocycles. The average Bonchev–Trinajstić information content (AvgIpc) is 2.89. The molecule has 0 fully saturated rings. The van der Waals surface area contributed by atoms with Gasteiger partial charge >= 0.3 is 12.1 Å². The minimum Gasteiger partial charge on any atom is -0.493 e. The van der Waals surface area contributed by atoms with Crippen LogP contribution in [0.3, 0.4) is 0 Å². The van der Waals surface area contributed by atoms with E-state index in [1.54, 1.807) is 75.0 Å². The summed E-state index contributed by atoms with van der Waals surface area (Å²) >= 11 is 1.49. The molecule has 0 spiro atoms. The molecule has 3 N–H and O–H groups in total. The van der Waals surface area contributed by atoms with Crippen molar-refractivity contribution in [1.82, 2.24) is 10.3 Å². The molecule has 9 nitrogen and oxygen atoms in total. The molecule has 4 rings (SSSR count). The summed E-state index contributed by atoms with van der Waals surface area (Å²) in [4.78, 5) is 29.7. The number of nitrogens with zero attached hydrogens (tertiary/aromatic N) is 1. The fourth-order valence-electron chi connectivity index (χ4n) is 3.44. The number of aromatic nitrogens is 1. The molecule has 3 aromatic carbocycles. The van der Waals surface area contributed by atoms with Gasteiger partial charge in [0.2, 0.25) is 0 Å². The Morgan fingerprint density at radius 3 is 2.25 bits per heavy atom. The van der Waals surface area contributed by atoms with Crippen LogP contribution in [-0.4, -0.2) is 37.5 Å². The Balaban J connectivity index is 1.39. The van der Waals surface area contributed by atoms with E-state index in [1.807, 2.05) is 18.4 Å². The van der Waals surface area contributed by atoms with Gasteiger partial charge in [0.15, 0.2) is 11.5 Å². The second-order valence-corrected chi connectivity index (χ2v) is 8.24. The molecule has 1 heterocycles. The second-order valence-electron chi connectivity index (χ2n) is 7.39. The lowest BCUT2D eigenvalue weighted by Crippen LogP contribution is -2.37. The molecule has 0 bridgehead atoms. The largest absolute Gasteiger partial charge is 0.493 e. The fourth-order valence-corrected chi connectivity index (χ4v) is 3.99. The minimum atomic E-state index is -0.663. The Morgan fingerprint density at radius 1 is 0.833 bits per heavy atom. The number of hydrogen-bond donors (Lipinski definition) is 3. The molecular formula is C26H24N4O5S. The molecule has 0 atom stereocenters.